The SMILES string of the molecule is CCC(C)C(=NC)C1(c2cccc(-n3cc(Cl)c4cc(CN)[nH]c4c3=O)c2)CC2(CC2)C1. The first-order chi connectivity index (χ1) is 15.4. The van der Waals surface area contributed by atoms with Crippen LogP contribution in [0.25, 0.3) is 16.6 Å². The molecule has 0 bridgehead atoms. The molecule has 3 aromatic rings. The lowest BCUT2D eigenvalue weighted by atomic mass is 9.52. The highest BCUT2D eigenvalue weighted by Gasteiger charge is 2.63. The highest BCUT2D eigenvalue weighted by Crippen LogP contribution is 2.69. The molecule has 2 aromatic heterocycles. The quantitative estimate of drug-likeness (QED) is 0.496. The Morgan fingerprint density at radius 3 is 2.69 bits per heavy atom. The van der Waals surface area contributed by atoms with Crippen LogP contribution < -0.4 is 11.3 Å². The number of hydrogen-bond donors (Lipinski definition) is 2. The Balaban J connectivity index is 1.63. The summed E-state index contributed by atoms with van der Waals surface area (Å²) in [4.78, 5) is 21.3. The largest absolute Gasteiger partial charge is 0.353 e. The second kappa shape index (κ2) is 7.60. The van der Waals surface area contributed by atoms with E-state index >= 15 is 0 Å². The van der Waals surface area contributed by atoms with Gasteiger partial charge in [-0.25, -0.2) is 0 Å². The minimum atomic E-state index is -0.117. The van der Waals surface area contributed by atoms with E-state index in [0.717, 1.165) is 30.6 Å². The van der Waals surface area contributed by atoms with Gasteiger partial charge in [0, 0.05) is 47.7 Å². The molecule has 0 amide bonds. The van der Waals surface area contributed by atoms with Crippen LogP contribution in [0.4, 0.5) is 0 Å². The summed E-state index contributed by atoms with van der Waals surface area (Å²) in [6.45, 7) is 4.84. The molecule has 0 radical (unpaired) electrons. The lowest BCUT2D eigenvalue weighted by Gasteiger charge is -2.51. The molecule has 32 heavy (non-hydrogen) atoms. The first-order valence-corrected chi connectivity index (χ1v) is 11.9. The number of aliphatic imine (C=N–C) groups is 1. The molecule has 0 saturated heterocycles. The average molecular weight is 451 g/mol. The van der Waals surface area contributed by atoms with E-state index in [2.05, 4.69) is 37.0 Å². The summed E-state index contributed by atoms with van der Waals surface area (Å²) < 4.78 is 1.65. The van der Waals surface area contributed by atoms with E-state index in [4.69, 9.17) is 22.3 Å². The van der Waals surface area contributed by atoms with Crippen LogP contribution in [0.1, 0.15) is 57.2 Å². The average Bonchev–Trinajstić information content (AvgIpc) is 3.44. The Kier molecular flexibility index (Phi) is 5.10. The summed E-state index contributed by atoms with van der Waals surface area (Å²) in [6.07, 6.45) is 7.77. The highest BCUT2D eigenvalue weighted by molar-refractivity contribution is 6.35. The maximum Gasteiger partial charge on any atom is 0.279 e. The minimum Gasteiger partial charge on any atom is -0.353 e. The van der Waals surface area contributed by atoms with Crippen LogP contribution in [0.2, 0.25) is 5.02 Å². The monoisotopic (exact) mass is 450 g/mol. The third-order valence-electron chi connectivity index (χ3n) is 7.82. The molecule has 0 aliphatic heterocycles. The molecule has 1 atom stereocenters. The van der Waals surface area contributed by atoms with Gasteiger partial charge in [0.15, 0.2) is 0 Å². The van der Waals surface area contributed by atoms with E-state index in [1.807, 2.05) is 19.2 Å². The number of hydrogen-bond acceptors (Lipinski definition) is 3. The van der Waals surface area contributed by atoms with Crippen molar-refractivity contribution in [3.8, 4) is 5.69 Å². The summed E-state index contributed by atoms with van der Waals surface area (Å²) >= 11 is 6.56. The molecular weight excluding hydrogens is 420 g/mol. The maximum atomic E-state index is 13.3. The summed E-state index contributed by atoms with van der Waals surface area (Å²) in [5.74, 6) is 0.432. The van der Waals surface area contributed by atoms with E-state index in [1.165, 1.54) is 24.1 Å². The predicted octanol–water partition coefficient (Wildman–Crippen LogP) is 5.36. The van der Waals surface area contributed by atoms with Gasteiger partial charge >= 0.3 is 0 Å². The van der Waals surface area contributed by atoms with Gasteiger partial charge in [-0.05, 0) is 67.2 Å². The number of benzene rings is 1. The van der Waals surface area contributed by atoms with E-state index in [9.17, 15) is 4.79 Å². The molecule has 3 N–H and O–H groups in total. The van der Waals surface area contributed by atoms with Crippen LogP contribution in [0.5, 0.6) is 0 Å². The summed E-state index contributed by atoms with van der Waals surface area (Å²) in [5.41, 5.74) is 10.8. The lowest BCUT2D eigenvalue weighted by molar-refractivity contribution is 0.178. The van der Waals surface area contributed by atoms with E-state index in [1.54, 1.807) is 10.8 Å². The number of rotatable bonds is 6. The molecule has 5 nitrogen and oxygen atoms in total. The van der Waals surface area contributed by atoms with Gasteiger partial charge in [-0.1, -0.05) is 37.6 Å². The lowest BCUT2D eigenvalue weighted by Crippen LogP contribution is -2.51. The van der Waals surface area contributed by atoms with Crippen LogP contribution in [-0.4, -0.2) is 22.3 Å². The van der Waals surface area contributed by atoms with E-state index < -0.39 is 0 Å². The Labute approximate surface area is 193 Å². The molecule has 6 heteroatoms. The van der Waals surface area contributed by atoms with Gasteiger partial charge in [-0.2, -0.15) is 0 Å². The molecule has 2 heterocycles. The van der Waals surface area contributed by atoms with Crippen LogP contribution in [0.15, 0.2) is 46.3 Å². The fourth-order valence-electron chi connectivity index (χ4n) is 5.88. The Morgan fingerprint density at radius 1 is 1.31 bits per heavy atom. The summed E-state index contributed by atoms with van der Waals surface area (Å²) in [5, 5.41) is 1.25. The fraction of sp³-hybridized carbons (Fsp3) is 0.462. The molecule has 2 aliphatic carbocycles. The number of fused-ring (bicyclic) bond motifs is 1. The van der Waals surface area contributed by atoms with Gasteiger partial charge in [-0.3, -0.25) is 14.4 Å². The number of nitrogens with one attached hydrogen (secondary N) is 1. The first kappa shape index (κ1) is 21.5. The number of aromatic amines is 1. The summed E-state index contributed by atoms with van der Waals surface area (Å²) in [7, 11) is 1.93. The number of aromatic nitrogens is 2. The van der Waals surface area contributed by atoms with Gasteiger partial charge in [0.05, 0.1) is 5.02 Å². The van der Waals surface area contributed by atoms with Crippen molar-refractivity contribution < 1.29 is 0 Å². The van der Waals surface area contributed by atoms with Crippen molar-refractivity contribution in [2.24, 2.45) is 22.1 Å². The van der Waals surface area contributed by atoms with Crippen molar-refractivity contribution in [2.45, 2.75) is 57.9 Å². The van der Waals surface area contributed by atoms with Gasteiger partial charge < -0.3 is 10.7 Å². The molecule has 2 aliphatic rings. The number of nitrogens with zero attached hydrogens (tertiary/aromatic N) is 2. The molecule has 5 rings (SSSR count). The van der Waals surface area contributed by atoms with Gasteiger partial charge in [0.1, 0.15) is 5.52 Å². The molecular formula is C26H31ClN4O. The minimum absolute atomic E-state index is 0.0344. The highest BCUT2D eigenvalue weighted by atomic mass is 35.5. The van der Waals surface area contributed by atoms with Crippen molar-refractivity contribution in [1.82, 2.24) is 9.55 Å². The molecule has 1 unspecified atom stereocenters. The number of H-pyrrole nitrogens is 1. The standard InChI is InChI=1S/C26H31ClN4O/c1-4-16(2)23(29-3)26(14-25(15-26)8-9-25)17-6-5-7-19(10-17)31-13-21(27)20-11-18(12-28)30-22(20)24(31)32/h5-7,10-11,13,16,30H,4,8-9,12,14-15,28H2,1-3H3. The number of nitrogens with two attached hydrogens (primary N) is 1. The zero-order valence-electron chi connectivity index (χ0n) is 19.0. The number of halogens is 1. The van der Waals surface area contributed by atoms with Gasteiger partial charge in [-0.15, -0.1) is 0 Å². The van der Waals surface area contributed by atoms with Crippen molar-refractivity contribution in [1.29, 1.82) is 0 Å². The zero-order chi connectivity index (χ0) is 22.7. The molecule has 2 saturated carbocycles. The number of pyridine rings is 1. The van der Waals surface area contributed by atoms with Crippen molar-refractivity contribution in [2.75, 3.05) is 7.05 Å². The Bertz CT molecular complexity index is 1270. The predicted molar refractivity (Wildman–Crippen MR) is 132 cm³/mol. The van der Waals surface area contributed by atoms with E-state index in [-0.39, 0.29) is 11.0 Å². The maximum absolute atomic E-state index is 13.3. The zero-order valence-corrected chi connectivity index (χ0v) is 19.8. The molecule has 1 aromatic carbocycles. The van der Waals surface area contributed by atoms with Crippen molar-refractivity contribution >= 4 is 28.2 Å². The molecule has 168 valence electrons. The van der Waals surface area contributed by atoms with E-state index in [0.29, 0.717) is 33.8 Å². The second-order valence-corrected chi connectivity index (χ2v) is 10.3. The van der Waals surface area contributed by atoms with Gasteiger partial charge in [0.2, 0.25) is 0 Å². The smallest absolute Gasteiger partial charge is 0.279 e. The van der Waals surface area contributed by atoms with Gasteiger partial charge in [0.25, 0.3) is 5.56 Å². The van der Waals surface area contributed by atoms with Crippen LogP contribution in [0.3, 0.4) is 0 Å². The topological polar surface area (TPSA) is 76.2 Å². The third kappa shape index (κ3) is 3.17. The first-order valence-electron chi connectivity index (χ1n) is 11.6. The fourth-order valence-corrected chi connectivity index (χ4v) is 6.12. The van der Waals surface area contributed by atoms with Crippen molar-refractivity contribution in [3.05, 3.63) is 63.2 Å². The van der Waals surface area contributed by atoms with Crippen LogP contribution in [-0.2, 0) is 12.0 Å². The molecule has 2 fully saturated rings. The van der Waals surface area contributed by atoms with Crippen LogP contribution in [0, 0.1) is 11.3 Å². The summed E-state index contributed by atoms with van der Waals surface area (Å²) in [6, 6.07) is 10.3. The second-order valence-electron chi connectivity index (χ2n) is 9.84. The normalized spacial score (nSPS) is 19.8. The van der Waals surface area contributed by atoms with Crippen LogP contribution >= 0.6 is 11.6 Å². The Morgan fingerprint density at radius 2 is 2.06 bits per heavy atom. The Hall–Kier alpha value is -2.37. The molecule has 1 spiro atoms. The van der Waals surface area contributed by atoms with Crippen molar-refractivity contribution in [3.63, 3.8) is 0 Å². The third-order valence-corrected chi connectivity index (χ3v) is 8.12.